The Kier molecular flexibility index (Phi) is 6.84. The van der Waals surface area contributed by atoms with Crippen molar-refractivity contribution < 1.29 is 14.3 Å². The smallest absolute Gasteiger partial charge is 0.255 e. The highest BCUT2D eigenvalue weighted by Crippen LogP contribution is 2.35. The van der Waals surface area contributed by atoms with Crippen molar-refractivity contribution in [3.8, 4) is 11.4 Å². The van der Waals surface area contributed by atoms with E-state index in [1.165, 1.54) is 6.33 Å². The van der Waals surface area contributed by atoms with Crippen LogP contribution >= 0.6 is 0 Å². The quantitative estimate of drug-likeness (QED) is 0.527. The number of nitrogens with zero attached hydrogens (tertiary/aromatic N) is 2. The number of rotatable bonds is 6. The monoisotopic (exact) mass is 447 g/mol. The van der Waals surface area contributed by atoms with Crippen molar-refractivity contribution in [1.82, 2.24) is 20.5 Å². The van der Waals surface area contributed by atoms with Crippen molar-refractivity contribution in [1.29, 1.82) is 0 Å². The van der Waals surface area contributed by atoms with Gasteiger partial charge in [0.2, 0.25) is 5.91 Å². The Morgan fingerprint density at radius 2 is 1.94 bits per heavy atom. The van der Waals surface area contributed by atoms with Gasteiger partial charge >= 0.3 is 0 Å². The van der Waals surface area contributed by atoms with E-state index in [1.54, 1.807) is 19.1 Å². The Hall–Kier alpha value is -3.52. The molecular formula is C25H29N5O3. The summed E-state index contributed by atoms with van der Waals surface area (Å²) >= 11 is 0. The molecule has 33 heavy (non-hydrogen) atoms. The van der Waals surface area contributed by atoms with Crippen LogP contribution in [0.25, 0.3) is 11.4 Å². The van der Waals surface area contributed by atoms with Crippen LogP contribution in [0.1, 0.15) is 55.6 Å². The van der Waals surface area contributed by atoms with Crippen LogP contribution in [0.5, 0.6) is 0 Å². The summed E-state index contributed by atoms with van der Waals surface area (Å²) in [6.45, 7) is 5.80. The SMILES string of the molecule is CC(=O)N[C@H]1C[C@@H](c2cccc(NC(=O)c3cccc(-c4ncn[nH]4)c3)c2)O[C@@H](C(C)C)C1. The summed E-state index contributed by atoms with van der Waals surface area (Å²) in [5.74, 6) is 0.698. The summed E-state index contributed by atoms with van der Waals surface area (Å²) in [6, 6.07) is 15.0. The fraction of sp³-hybridized carbons (Fsp3) is 0.360. The minimum Gasteiger partial charge on any atom is -0.370 e. The van der Waals surface area contributed by atoms with E-state index in [-0.39, 0.29) is 30.1 Å². The first-order valence-electron chi connectivity index (χ1n) is 11.2. The van der Waals surface area contributed by atoms with E-state index in [4.69, 9.17) is 4.74 Å². The lowest BCUT2D eigenvalue weighted by Gasteiger charge is -2.38. The number of carbonyl (C=O) groups is 2. The van der Waals surface area contributed by atoms with E-state index in [9.17, 15) is 9.59 Å². The standard InChI is InChI=1S/C25H29N5O3/c1-15(2)22-12-21(28-16(3)31)13-23(33-22)17-6-5-9-20(11-17)29-25(32)19-8-4-7-18(10-19)24-26-14-27-30-24/h4-11,14-15,21-23H,12-13H2,1-3H3,(H,28,31)(H,29,32)(H,26,27,30)/t21-,22-,23+/m1/s1. The minimum atomic E-state index is -0.214. The van der Waals surface area contributed by atoms with Gasteiger partial charge in [0.05, 0.1) is 12.2 Å². The molecule has 1 aliphatic heterocycles. The predicted molar refractivity (Wildman–Crippen MR) is 126 cm³/mol. The number of benzene rings is 2. The van der Waals surface area contributed by atoms with E-state index >= 15 is 0 Å². The molecule has 0 aliphatic carbocycles. The van der Waals surface area contributed by atoms with Gasteiger partial charge < -0.3 is 15.4 Å². The molecule has 2 aromatic carbocycles. The number of hydrogen-bond acceptors (Lipinski definition) is 5. The van der Waals surface area contributed by atoms with E-state index < -0.39 is 0 Å². The Bertz CT molecular complexity index is 1110. The molecule has 172 valence electrons. The fourth-order valence-electron chi connectivity index (χ4n) is 4.18. The van der Waals surface area contributed by atoms with Gasteiger partial charge in [0.1, 0.15) is 6.33 Å². The Labute approximate surface area is 193 Å². The van der Waals surface area contributed by atoms with E-state index in [1.807, 2.05) is 36.4 Å². The van der Waals surface area contributed by atoms with Crippen LogP contribution in [-0.2, 0) is 9.53 Å². The van der Waals surface area contributed by atoms with Gasteiger partial charge in [0, 0.05) is 29.8 Å². The summed E-state index contributed by atoms with van der Waals surface area (Å²) in [7, 11) is 0. The Morgan fingerprint density at radius 3 is 2.67 bits per heavy atom. The maximum Gasteiger partial charge on any atom is 0.255 e. The van der Waals surface area contributed by atoms with Gasteiger partial charge in [-0.2, -0.15) is 5.10 Å². The van der Waals surface area contributed by atoms with Crippen molar-refractivity contribution in [3.63, 3.8) is 0 Å². The third-order valence-electron chi connectivity index (χ3n) is 5.83. The summed E-state index contributed by atoms with van der Waals surface area (Å²) < 4.78 is 6.37. The highest BCUT2D eigenvalue weighted by Gasteiger charge is 2.32. The Morgan fingerprint density at radius 1 is 1.12 bits per heavy atom. The molecule has 0 radical (unpaired) electrons. The summed E-state index contributed by atoms with van der Waals surface area (Å²) in [5, 5.41) is 12.7. The van der Waals surface area contributed by atoms with Crippen molar-refractivity contribution in [2.45, 2.75) is 51.9 Å². The molecule has 1 fully saturated rings. The second kappa shape index (κ2) is 9.95. The Balaban J connectivity index is 1.50. The highest BCUT2D eigenvalue weighted by molar-refractivity contribution is 6.04. The van der Waals surface area contributed by atoms with Crippen molar-refractivity contribution in [2.24, 2.45) is 5.92 Å². The number of hydrogen-bond donors (Lipinski definition) is 3. The maximum atomic E-state index is 12.9. The first-order chi connectivity index (χ1) is 15.9. The largest absolute Gasteiger partial charge is 0.370 e. The first-order valence-corrected chi connectivity index (χ1v) is 11.2. The van der Waals surface area contributed by atoms with E-state index in [0.717, 1.165) is 17.5 Å². The molecule has 4 rings (SSSR count). The molecule has 2 heterocycles. The van der Waals surface area contributed by atoms with Crippen LogP contribution in [0.3, 0.4) is 0 Å². The third kappa shape index (κ3) is 5.64. The van der Waals surface area contributed by atoms with E-state index in [0.29, 0.717) is 29.4 Å². The van der Waals surface area contributed by atoms with Crippen molar-refractivity contribution in [2.75, 3.05) is 5.32 Å². The average molecular weight is 448 g/mol. The number of H-pyrrole nitrogens is 1. The molecule has 8 nitrogen and oxygen atoms in total. The van der Waals surface area contributed by atoms with Crippen LogP contribution in [0, 0.1) is 5.92 Å². The predicted octanol–water partition coefficient (Wildman–Crippen LogP) is 4.10. The van der Waals surface area contributed by atoms with Crippen LogP contribution in [-0.4, -0.2) is 39.1 Å². The van der Waals surface area contributed by atoms with Crippen LogP contribution in [0.4, 0.5) is 5.69 Å². The lowest BCUT2D eigenvalue weighted by molar-refractivity contribution is -0.123. The number of carbonyl (C=O) groups excluding carboxylic acids is 2. The number of aromatic amines is 1. The van der Waals surface area contributed by atoms with E-state index in [2.05, 4.69) is 39.7 Å². The average Bonchev–Trinajstić information content (AvgIpc) is 3.34. The zero-order valence-electron chi connectivity index (χ0n) is 19.0. The zero-order chi connectivity index (χ0) is 23.4. The third-order valence-corrected chi connectivity index (χ3v) is 5.83. The second-order valence-electron chi connectivity index (χ2n) is 8.77. The number of nitrogens with one attached hydrogen (secondary N) is 3. The van der Waals surface area contributed by atoms with Crippen LogP contribution in [0.15, 0.2) is 54.9 Å². The molecule has 8 heteroatoms. The molecule has 2 amide bonds. The fourth-order valence-corrected chi connectivity index (χ4v) is 4.18. The zero-order valence-corrected chi connectivity index (χ0v) is 19.0. The minimum absolute atomic E-state index is 0.0308. The van der Waals surface area contributed by atoms with Gasteiger partial charge in [-0.05, 0) is 48.6 Å². The number of aromatic nitrogens is 3. The molecule has 3 N–H and O–H groups in total. The van der Waals surface area contributed by atoms with Gasteiger partial charge in [-0.3, -0.25) is 14.7 Å². The summed E-state index contributed by atoms with van der Waals surface area (Å²) in [4.78, 5) is 28.7. The molecular weight excluding hydrogens is 418 g/mol. The maximum absolute atomic E-state index is 12.9. The number of anilines is 1. The number of amides is 2. The van der Waals surface area contributed by atoms with Crippen LogP contribution < -0.4 is 10.6 Å². The van der Waals surface area contributed by atoms with Gasteiger partial charge in [-0.25, -0.2) is 4.98 Å². The van der Waals surface area contributed by atoms with Gasteiger partial charge in [0.15, 0.2) is 5.82 Å². The second-order valence-corrected chi connectivity index (χ2v) is 8.77. The lowest BCUT2D eigenvalue weighted by atomic mass is 9.89. The molecule has 0 bridgehead atoms. The van der Waals surface area contributed by atoms with Crippen molar-refractivity contribution >= 4 is 17.5 Å². The molecule has 0 saturated carbocycles. The van der Waals surface area contributed by atoms with Gasteiger partial charge in [-0.1, -0.05) is 38.1 Å². The topological polar surface area (TPSA) is 109 Å². The molecule has 3 atom stereocenters. The van der Waals surface area contributed by atoms with Crippen molar-refractivity contribution in [3.05, 3.63) is 66.0 Å². The van der Waals surface area contributed by atoms with Crippen LogP contribution in [0.2, 0.25) is 0 Å². The van der Waals surface area contributed by atoms with Gasteiger partial charge in [-0.15, -0.1) is 0 Å². The summed E-state index contributed by atoms with van der Waals surface area (Å²) in [6.07, 6.45) is 2.82. The lowest BCUT2D eigenvalue weighted by Crippen LogP contribution is -2.43. The highest BCUT2D eigenvalue weighted by atomic mass is 16.5. The molecule has 0 spiro atoms. The summed E-state index contributed by atoms with van der Waals surface area (Å²) in [5.41, 5.74) is 2.97. The molecule has 1 saturated heterocycles. The van der Waals surface area contributed by atoms with Gasteiger partial charge in [0.25, 0.3) is 5.91 Å². The molecule has 0 unspecified atom stereocenters. The number of ether oxygens (including phenoxy) is 1. The normalized spacial score (nSPS) is 20.4. The molecule has 1 aromatic heterocycles. The molecule has 1 aliphatic rings. The molecule has 3 aromatic rings. The first kappa shape index (κ1) is 22.7.